The highest BCUT2D eigenvalue weighted by Crippen LogP contribution is 2.56. The summed E-state index contributed by atoms with van der Waals surface area (Å²) in [6.07, 6.45) is 8.19. The fraction of sp³-hybridized carbons (Fsp3) is 0.593. The molecule has 2 bridgehead atoms. The SMILES string of the molecule is Oc1ccc2c(c1)[C@@]13CCN(CCc4ncccc4F)CC[C@@]1(O)[C@@H](C2)N(CC1CC1)CC3. The summed E-state index contributed by atoms with van der Waals surface area (Å²) in [5.41, 5.74) is 1.80. The monoisotopic (exact) mass is 451 g/mol. The molecular weight excluding hydrogens is 417 g/mol. The third-order valence-corrected chi connectivity index (χ3v) is 9.02. The van der Waals surface area contributed by atoms with Crippen molar-refractivity contribution in [3.63, 3.8) is 0 Å². The smallest absolute Gasteiger partial charge is 0.144 e. The van der Waals surface area contributed by atoms with E-state index in [-0.39, 0.29) is 23.0 Å². The van der Waals surface area contributed by atoms with Gasteiger partial charge in [-0.15, -0.1) is 0 Å². The Balaban J connectivity index is 1.31. The number of aromatic nitrogens is 1. The van der Waals surface area contributed by atoms with Crippen LogP contribution >= 0.6 is 0 Å². The van der Waals surface area contributed by atoms with Crippen molar-refractivity contribution in [2.24, 2.45) is 5.92 Å². The van der Waals surface area contributed by atoms with Gasteiger partial charge in [0.15, 0.2) is 0 Å². The van der Waals surface area contributed by atoms with Crippen LogP contribution in [-0.4, -0.2) is 69.4 Å². The zero-order valence-corrected chi connectivity index (χ0v) is 19.2. The van der Waals surface area contributed by atoms with Crippen LogP contribution in [0.5, 0.6) is 5.75 Å². The number of fused-ring (bicyclic) bond motifs is 1. The zero-order valence-electron chi connectivity index (χ0n) is 19.2. The van der Waals surface area contributed by atoms with Crippen molar-refractivity contribution >= 4 is 0 Å². The summed E-state index contributed by atoms with van der Waals surface area (Å²) in [5, 5.41) is 22.9. The van der Waals surface area contributed by atoms with Crippen LogP contribution in [0, 0.1) is 11.7 Å². The van der Waals surface area contributed by atoms with Crippen molar-refractivity contribution < 1.29 is 14.6 Å². The molecule has 176 valence electrons. The first-order chi connectivity index (χ1) is 16.0. The molecule has 3 atom stereocenters. The maximum absolute atomic E-state index is 14.1. The van der Waals surface area contributed by atoms with Gasteiger partial charge in [-0.3, -0.25) is 9.88 Å². The molecule has 2 aromatic rings. The molecule has 6 heteroatoms. The van der Waals surface area contributed by atoms with Gasteiger partial charge >= 0.3 is 0 Å². The summed E-state index contributed by atoms with van der Waals surface area (Å²) in [5.74, 6) is 0.836. The highest BCUT2D eigenvalue weighted by Gasteiger charge is 2.63. The number of hydrogen-bond donors (Lipinski definition) is 2. The lowest BCUT2D eigenvalue weighted by Crippen LogP contribution is -2.71. The van der Waals surface area contributed by atoms with Crippen molar-refractivity contribution in [2.75, 3.05) is 32.7 Å². The molecular formula is C27H34FN3O2. The third-order valence-electron chi connectivity index (χ3n) is 9.02. The summed E-state index contributed by atoms with van der Waals surface area (Å²) in [6, 6.07) is 9.02. The lowest BCUT2D eigenvalue weighted by Gasteiger charge is -2.61. The van der Waals surface area contributed by atoms with E-state index in [1.165, 1.54) is 24.5 Å². The Morgan fingerprint density at radius 3 is 2.73 bits per heavy atom. The van der Waals surface area contributed by atoms with Crippen molar-refractivity contribution in [3.05, 3.63) is 59.2 Å². The van der Waals surface area contributed by atoms with E-state index in [1.54, 1.807) is 18.3 Å². The van der Waals surface area contributed by atoms with Gasteiger partial charge in [0.1, 0.15) is 11.6 Å². The maximum Gasteiger partial charge on any atom is 0.144 e. The largest absolute Gasteiger partial charge is 0.508 e. The fourth-order valence-corrected chi connectivity index (χ4v) is 7.00. The number of likely N-dealkylation sites (tertiary alicyclic amines) is 2. The molecule has 0 unspecified atom stereocenters. The summed E-state index contributed by atoms with van der Waals surface area (Å²) in [6.45, 7) is 4.51. The van der Waals surface area contributed by atoms with Crippen LogP contribution < -0.4 is 0 Å². The molecule has 3 heterocycles. The molecule has 2 saturated heterocycles. The molecule has 6 rings (SSSR count). The topological polar surface area (TPSA) is 59.8 Å². The average Bonchev–Trinajstić information content (AvgIpc) is 3.63. The molecule has 1 aromatic carbocycles. The molecule has 0 radical (unpaired) electrons. The standard InChI is InChI=1S/C27H34FN3O2/c28-23-2-1-11-29-24(23)7-12-30-13-8-26-9-15-31(18-19-3-4-19)25(27(26,33)10-14-30)16-20-5-6-21(32)17-22(20)26/h1-2,5-6,11,17,19,25,32-33H,3-4,7-10,12-16,18H2/t25-,26+,27-/m1/s1. The van der Waals surface area contributed by atoms with Crippen LogP contribution in [0.15, 0.2) is 36.5 Å². The van der Waals surface area contributed by atoms with E-state index in [2.05, 4.69) is 20.9 Å². The first-order valence-corrected chi connectivity index (χ1v) is 12.6. The Bertz CT molecular complexity index is 1040. The number of phenolic OH excluding ortho intramolecular Hbond substituents is 1. The highest BCUT2D eigenvalue weighted by atomic mass is 19.1. The molecule has 5 nitrogen and oxygen atoms in total. The molecule has 4 aliphatic rings. The lowest BCUT2D eigenvalue weighted by atomic mass is 9.52. The average molecular weight is 452 g/mol. The van der Waals surface area contributed by atoms with E-state index >= 15 is 0 Å². The molecule has 1 aromatic heterocycles. The number of halogens is 1. The van der Waals surface area contributed by atoms with Gasteiger partial charge in [-0.25, -0.2) is 4.39 Å². The van der Waals surface area contributed by atoms with Gasteiger partial charge in [-0.05, 0) is 92.9 Å². The summed E-state index contributed by atoms with van der Waals surface area (Å²) in [4.78, 5) is 9.17. The Morgan fingerprint density at radius 1 is 1.09 bits per heavy atom. The zero-order chi connectivity index (χ0) is 22.6. The molecule has 0 amide bonds. The van der Waals surface area contributed by atoms with Crippen LogP contribution in [0.1, 0.15) is 48.9 Å². The minimum Gasteiger partial charge on any atom is -0.508 e. The molecule has 3 fully saturated rings. The van der Waals surface area contributed by atoms with Gasteiger partial charge in [-0.2, -0.15) is 0 Å². The predicted octanol–water partition coefficient (Wildman–Crippen LogP) is 3.27. The van der Waals surface area contributed by atoms with Crippen molar-refractivity contribution in [1.29, 1.82) is 0 Å². The van der Waals surface area contributed by atoms with E-state index in [0.29, 0.717) is 18.5 Å². The summed E-state index contributed by atoms with van der Waals surface area (Å²) >= 11 is 0. The first kappa shape index (κ1) is 21.5. The molecule has 2 aliphatic heterocycles. The number of piperidine rings is 1. The third kappa shape index (κ3) is 3.58. The summed E-state index contributed by atoms with van der Waals surface area (Å²) < 4.78 is 14.1. The molecule has 1 saturated carbocycles. The number of rotatable bonds is 5. The van der Waals surface area contributed by atoms with Crippen molar-refractivity contribution in [3.8, 4) is 5.75 Å². The quantitative estimate of drug-likeness (QED) is 0.731. The predicted molar refractivity (Wildman–Crippen MR) is 125 cm³/mol. The van der Waals surface area contributed by atoms with Crippen molar-refractivity contribution in [2.45, 2.75) is 62.0 Å². The molecule has 33 heavy (non-hydrogen) atoms. The Labute approximate surface area is 195 Å². The number of aliphatic hydroxyl groups is 1. The van der Waals surface area contributed by atoms with Crippen LogP contribution in [0.2, 0.25) is 0 Å². The second-order valence-electron chi connectivity index (χ2n) is 10.8. The number of nitrogens with zero attached hydrogens (tertiary/aromatic N) is 3. The number of benzene rings is 1. The Hall–Kier alpha value is -2.02. The Kier molecular flexibility index (Phi) is 5.24. The van der Waals surface area contributed by atoms with E-state index in [9.17, 15) is 14.6 Å². The number of hydrogen-bond acceptors (Lipinski definition) is 5. The van der Waals surface area contributed by atoms with Gasteiger partial charge in [0.25, 0.3) is 0 Å². The second-order valence-corrected chi connectivity index (χ2v) is 10.8. The molecule has 0 spiro atoms. The van der Waals surface area contributed by atoms with Gasteiger partial charge in [0.2, 0.25) is 0 Å². The van der Waals surface area contributed by atoms with Gasteiger partial charge < -0.3 is 15.1 Å². The molecule has 2 aliphatic carbocycles. The normalized spacial score (nSPS) is 32.1. The second kappa shape index (κ2) is 8.03. The van der Waals surface area contributed by atoms with E-state index in [0.717, 1.165) is 63.5 Å². The lowest BCUT2D eigenvalue weighted by molar-refractivity contribution is -0.149. The van der Waals surface area contributed by atoms with Crippen LogP contribution in [0.25, 0.3) is 0 Å². The minimum absolute atomic E-state index is 0.122. The number of pyridine rings is 1. The number of aromatic hydroxyl groups is 1. The van der Waals surface area contributed by atoms with E-state index in [1.807, 2.05) is 6.07 Å². The summed E-state index contributed by atoms with van der Waals surface area (Å²) in [7, 11) is 0. The highest BCUT2D eigenvalue weighted by molar-refractivity contribution is 5.48. The van der Waals surface area contributed by atoms with E-state index in [4.69, 9.17) is 0 Å². The van der Waals surface area contributed by atoms with Crippen LogP contribution in [-0.2, 0) is 18.3 Å². The van der Waals surface area contributed by atoms with Crippen LogP contribution in [0.3, 0.4) is 0 Å². The Morgan fingerprint density at radius 2 is 1.91 bits per heavy atom. The fourth-order valence-electron chi connectivity index (χ4n) is 7.00. The van der Waals surface area contributed by atoms with Gasteiger partial charge in [0, 0.05) is 43.7 Å². The minimum atomic E-state index is -0.814. The van der Waals surface area contributed by atoms with Crippen molar-refractivity contribution in [1.82, 2.24) is 14.8 Å². The van der Waals surface area contributed by atoms with Gasteiger partial charge in [0.05, 0.1) is 11.3 Å². The van der Waals surface area contributed by atoms with E-state index < -0.39 is 5.60 Å². The first-order valence-electron chi connectivity index (χ1n) is 12.6. The van der Waals surface area contributed by atoms with Gasteiger partial charge in [-0.1, -0.05) is 6.07 Å². The maximum atomic E-state index is 14.1. The number of phenols is 1. The molecule has 2 N–H and O–H groups in total. The van der Waals surface area contributed by atoms with Crippen LogP contribution in [0.4, 0.5) is 4.39 Å².